The van der Waals surface area contributed by atoms with Gasteiger partial charge in [-0.15, -0.1) is 0 Å². The van der Waals surface area contributed by atoms with E-state index in [1.165, 1.54) is 12.1 Å². The van der Waals surface area contributed by atoms with Gasteiger partial charge in [0.05, 0.1) is 0 Å². The van der Waals surface area contributed by atoms with Crippen LogP contribution in [-0.2, 0) is 0 Å². The van der Waals surface area contributed by atoms with E-state index >= 15 is 0 Å². The van der Waals surface area contributed by atoms with Gasteiger partial charge in [-0.2, -0.15) is 0 Å². The van der Waals surface area contributed by atoms with Gasteiger partial charge in [0.25, 0.3) is 5.82 Å². The Hall–Kier alpha value is -2.75. The minimum absolute atomic E-state index is 0.172. The molecule has 0 atom stereocenters. The molecule has 1 heterocycles. The molecule has 0 spiro atoms. The maximum Gasteiger partial charge on any atom is 0.343 e. The van der Waals surface area contributed by atoms with E-state index in [1.54, 1.807) is 12.1 Å². The maximum atomic E-state index is 13.1. The molecule has 1 N–H and O–H groups in total. The van der Waals surface area contributed by atoms with Gasteiger partial charge in [0, 0.05) is 6.92 Å². The molecule has 110 valence electrons. The molecule has 0 aliphatic heterocycles. The summed E-state index contributed by atoms with van der Waals surface area (Å²) in [6.07, 6.45) is 0. The number of aromatic nitrogens is 2. The van der Waals surface area contributed by atoms with Gasteiger partial charge in [-0.3, -0.25) is 0 Å². The molecule has 0 radical (unpaired) electrons. The molecule has 2 aromatic carbocycles. The predicted octanol–water partition coefficient (Wildman–Crippen LogP) is 3.07. The van der Waals surface area contributed by atoms with E-state index in [0.717, 1.165) is 17.2 Å². The third kappa shape index (κ3) is 2.44. The topological polar surface area (TPSA) is 36.7 Å². The van der Waals surface area contributed by atoms with Crippen molar-refractivity contribution in [2.75, 3.05) is 0 Å². The summed E-state index contributed by atoms with van der Waals surface area (Å²) in [5.41, 5.74) is 2.87. The Morgan fingerprint density at radius 2 is 1.59 bits per heavy atom. The van der Waals surface area contributed by atoms with Crippen LogP contribution in [0.3, 0.4) is 0 Å². The average molecular weight is 295 g/mol. The normalized spacial score (nSPS) is 10.7. The van der Waals surface area contributed by atoms with Crippen LogP contribution in [0.25, 0.3) is 16.8 Å². The van der Waals surface area contributed by atoms with E-state index in [9.17, 15) is 9.18 Å². The molecule has 0 fully saturated rings. The van der Waals surface area contributed by atoms with Gasteiger partial charge in [0.15, 0.2) is 0 Å². The number of halogens is 1. The predicted molar refractivity (Wildman–Crippen MR) is 83.5 cm³/mol. The first-order valence-corrected chi connectivity index (χ1v) is 7.05. The van der Waals surface area contributed by atoms with Crippen LogP contribution in [0, 0.1) is 19.7 Å². The summed E-state index contributed by atoms with van der Waals surface area (Å²) in [5, 5.41) is 0. The van der Waals surface area contributed by atoms with Crippen LogP contribution in [0.5, 0.6) is 0 Å². The molecule has 0 unspecified atom stereocenters. The van der Waals surface area contributed by atoms with Crippen molar-refractivity contribution in [3.63, 3.8) is 0 Å². The van der Waals surface area contributed by atoms with Gasteiger partial charge in [-0.25, -0.2) is 18.7 Å². The molecular formula is C18H16FN2O+. The number of rotatable bonds is 2. The lowest BCUT2D eigenvalue weighted by atomic mass is 10.1. The lowest BCUT2D eigenvalue weighted by molar-refractivity contribution is -0.612. The molecule has 1 aromatic heterocycles. The average Bonchev–Trinajstić information content (AvgIpc) is 2.50. The van der Waals surface area contributed by atoms with Crippen molar-refractivity contribution >= 4 is 0 Å². The quantitative estimate of drug-likeness (QED) is 0.725. The second-order valence-electron chi connectivity index (χ2n) is 5.18. The van der Waals surface area contributed by atoms with Crippen LogP contribution in [0.2, 0.25) is 0 Å². The largest absolute Gasteiger partial charge is 0.343 e. The number of H-pyrrole nitrogens is 1. The molecule has 3 nitrogen and oxygen atoms in total. The molecule has 4 heteroatoms. The minimum Gasteiger partial charge on any atom is -0.241 e. The van der Waals surface area contributed by atoms with Gasteiger partial charge in [-0.1, -0.05) is 30.3 Å². The Bertz CT molecular complexity index is 868. The number of para-hydroxylation sites is 1. The van der Waals surface area contributed by atoms with Crippen LogP contribution in [0.15, 0.2) is 59.4 Å². The van der Waals surface area contributed by atoms with Crippen LogP contribution in [-0.4, -0.2) is 4.98 Å². The van der Waals surface area contributed by atoms with Gasteiger partial charge in [0.1, 0.15) is 22.8 Å². The van der Waals surface area contributed by atoms with E-state index in [0.29, 0.717) is 11.1 Å². The first-order valence-electron chi connectivity index (χ1n) is 7.05. The number of aryl methyl sites for hydroxylation is 1. The SMILES string of the molecule is Cc1[nH]c(=O)c(-c2ccc(F)cc2)c(C)[n+]1-c1ccccc1. The van der Waals surface area contributed by atoms with Crippen molar-refractivity contribution in [1.82, 2.24) is 4.98 Å². The van der Waals surface area contributed by atoms with E-state index < -0.39 is 0 Å². The molecule has 0 aliphatic carbocycles. The minimum atomic E-state index is -0.319. The highest BCUT2D eigenvalue weighted by atomic mass is 19.1. The van der Waals surface area contributed by atoms with Gasteiger partial charge in [0.2, 0.25) is 0 Å². The first-order chi connectivity index (χ1) is 10.6. The zero-order valence-electron chi connectivity index (χ0n) is 12.4. The molecule has 0 saturated carbocycles. The molecule has 3 aromatic rings. The van der Waals surface area contributed by atoms with Gasteiger partial charge < -0.3 is 0 Å². The Kier molecular flexibility index (Phi) is 3.59. The Morgan fingerprint density at radius 1 is 0.955 bits per heavy atom. The molecule has 0 amide bonds. The smallest absolute Gasteiger partial charge is 0.241 e. The number of hydrogen-bond donors (Lipinski definition) is 1. The van der Waals surface area contributed by atoms with Crippen molar-refractivity contribution in [1.29, 1.82) is 0 Å². The molecule has 0 bridgehead atoms. The zero-order valence-corrected chi connectivity index (χ0v) is 12.4. The summed E-state index contributed by atoms with van der Waals surface area (Å²) < 4.78 is 15.1. The highest BCUT2D eigenvalue weighted by Crippen LogP contribution is 2.18. The van der Waals surface area contributed by atoms with Crippen molar-refractivity contribution in [2.45, 2.75) is 13.8 Å². The summed E-state index contributed by atoms with van der Waals surface area (Å²) in [6.45, 7) is 3.75. The van der Waals surface area contributed by atoms with Crippen LogP contribution in [0.4, 0.5) is 4.39 Å². The van der Waals surface area contributed by atoms with Crippen molar-refractivity contribution < 1.29 is 8.96 Å². The van der Waals surface area contributed by atoms with E-state index in [-0.39, 0.29) is 11.4 Å². The van der Waals surface area contributed by atoms with E-state index in [4.69, 9.17) is 0 Å². The monoisotopic (exact) mass is 295 g/mol. The summed E-state index contributed by atoms with van der Waals surface area (Å²) in [7, 11) is 0. The van der Waals surface area contributed by atoms with Crippen LogP contribution >= 0.6 is 0 Å². The maximum absolute atomic E-state index is 13.1. The number of benzene rings is 2. The fraction of sp³-hybridized carbons (Fsp3) is 0.111. The summed E-state index contributed by atoms with van der Waals surface area (Å²) in [6, 6.07) is 15.8. The highest BCUT2D eigenvalue weighted by Gasteiger charge is 2.20. The highest BCUT2D eigenvalue weighted by molar-refractivity contribution is 5.63. The summed E-state index contributed by atoms with van der Waals surface area (Å²) >= 11 is 0. The number of hydrogen-bond acceptors (Lipinski definition) is 1. The third-order valence-corrected chi connectivity index (χ3v) is 3.70. The zero-order chi connectivity index (χ0) is 15.7. The summed E-state index contributed by atoms with van der Waals surface area (Å²) in [5.74, 6) is 0.431. The Balaban J connectivity index is 2.29. The molecular weight excluding hydrogens is 279 g/mol. The van der Waals surface area contributed by atoms with E-state index in [1.807, 2.05) is 48.7 Å². The number of nitrogens with one attached hydrogen (secondary N) is 1. The summed E-state index contributed by atoms with van der Waals surface area (Å²) in [4.78, 5) is 15.2. The molecule has 22 heavy (non-hydrogen) atoms. The number of nitrogens with zero attached hydrogens (tertiary/aromatic N) is 1. The Morgan fingerprint density at radius 3 is 2.23 bits per heavy atom. The Labute approximate surface area is 127 Å². The third-order valence-electron chi connectivity index (χ3n) is 3.70. The van der Waals surface area contributed by atoms with Crippen molar-refractivity contribution in [3.8, 4) is 16.8 Å². The molecule has 3 rings (SSSR count). The number of aromatic amines is 1. The fourth-order valence-electron chi connectivity index (χ4n) is 2.73. The first kappa shape index (κ1) is 14.2. The van der Waals surface area contributed by atoms with Crippen LogP contribution < -0.4 is 10.1 Å². The second-order valence-corrected chi connectivity index (χ2v) is 5.18. The molecule has 0 aliphatic rings. The lowest BCUT2D eigenvalue weighted by Crippen LogP contribution is -2.42. The standard InChI is InChI=1S/C18H15FN2O/c1-12-17(14-8-10-15(19)11-9-14)18(22)20-13(2)21(12)16-6-4-3-5-7-16/h3-11H,1-2H3/p+1. The van der Waals surface area contributed by atoms with Crippen LogP contribution in [0.1, 0.15) is 11.5 Å². The van der Waals surface area contributed by atoms with Gasteiger partial charge in [-0.05, 0) is 36.8 Å². The molecule has 0 saturated heterocycles. The van der Waals surface area contributed by atoms with Crippen molar-refractivity contribution in [2.24, 2.45) is 0 Å². The lowest BCUT2D eigenvalue weighted by Gasteiger charge is -2.10. The van der Waals surface area contributed by atoms with Gasteiger partial charge >= 0.3 is 5.56 Å². The van der Waals surface area contributed by atoms with Crippen molar-refractivity contribution in [3.05, 3.63) is 82.3 Å². The fourth-order valence-corrected chi connectivity index (χ4v) is 2.73. The second kappa shape index (κ2) is 5.56. The van der Waals surface area contributed by atoms with E-state index in [2.05, 4.69) is 4.98 Å².